The predicted octanol–water partition coefficient (Wildman–Crippen LogP) is 9.78. The van der Waals surface area contributed by atoms with Crippen LogP contribution in [-0.4, -0.2) is 0 Å². The third kappa shape index (κ3) is 4.83. The second-order valence-electron chi connectivity index (χ2n) is 9.88. The summed E-state index contributed by atoms with van der Waals surface area (Å²) in [7, 11) is 0. The molecule has 0 aromatic heterocycles. The van der Waals surface area contributed by atoms with Crippen LogP contribution < -0.4 is 0 Å². The molecule has 3 aromatic carbocycles. The molecule has 1 unspecified atom stereocenters. The van der Waals surface area contributed by atoms with Gasteiger partial charge in [-0.2, -0.15) is 0 Å². The molecule has 0 aliphatic heterocycles. The molecule has 1 aliphatic carbocycles. The first-order chi connectivity index (χ1) is 16.5. The molecule has 3 aromatic rings. The predicted molar refractivity (Wildman–Crippen MR) is 150 cm³/mol. The van der Waals surface area contributed by atoms with Gasteiger partial charge < -0.3 is 0 Å². The van der Waals surface area contributed by atoms with E-state index < -0.39 is 0 Å². The Morgan fingerprint density at radius 3 is 1.76 bits per heavy atom. The van der Waals surface area contributed by atoms with Crippen LogP contribution in [-0.2, 0) is 19.3 Å². The van der Waals surface area contributed by atoms with Crippen molar-refractivity contribution in [2.75, 3.05) is 0 Å². The molecule has 0 saturated heterocycles. The van der Waals surface area contributed by atoms with E-state index in [0.29, 0.717) is 5.92 Å². The molecule has 0 N–H and O–H groups in total. The molecule has 0 heterocycles. The average molecular weight is 449 g/mol. The standard InChI is InChI=1S/C34H40/c1-7-25-19-23(5)11-15-31(25)33-17-13-29(21-27(33)9-3)30-14-18-34(28(10-4)22-30)32-16-12-24(6)20-26(32)8-2/h11-19,21-22,24H,7-10,20H2,1-6H3. The fraction of sp³-hybridized carbons (Fsp3) is 0.353. The van der Waals surface area contributed by atoms with Crippen molar-refractivity contribution >= 4 is 5.57 Å². The number of hydrogen-bond acceptors (Lipinski definition) is 0. The molecule has 0 heteroatoms. The summed E-state index contributed by atoms with van der Waals surface area (Å²) in [5.74, 6) is 0.649. The van der Waals surface area contributed by atoms with Crippen molar-refractivity contribution in [1.29, 1.82) is 0 Å². The summed E-state index contributed by atoms with van der Waals surface area (Å²) in [6, 6.07) is 21.1. The lowest BCUT2D eigenvalue weighted by Crippen LogP contribution is -2.03. The highest BCUT2D eigenvalue weighted by atomic mass is 14.2. The van der Waals surface area contributed by atoms with Gasteiger partial charge in [0, 0.05) is 0 Å². The fourth-order valence-electron chi connectivity index (χ4n) is 5.49. The van der Waals surface area contributed by atoms with E-state index in [2.05, 4.69) is 108 Å². The Balaban J connectivity index is 1.75. The molecular formula is C34H40. The maximum atomic E-state index is 2.43. The van der Waals surface area contributed by atoms with Gasteiger partial charge >= 0.3 is 0 Å². The van der Waals surface area contributed by atoms with Crippen LogP contribution in [0.1, 0.15) is 75.3 Å². The zero-order chi connectivity index (χ0) is 24.2. The maximum Gasteiger partial charge on any atom is -0.0149 e. The molecule has 176 valence electrons. The van der Waals surface area contributed by atoms with E-state index in [4.69, 9.17) is 0 Å². The van der Waals surface area contributed by atoms with Crippen LogP contribution in [0.4, 0.5) is 0 Å². The monoisotopic (exact) mass is 448 g/mol. The van der Waals surface area contributed by atoms with E-state index >= 15 is 0 Å². The summed E-state index contributed by atoms with van der Waals surface area (Å²) in [4.78, 5) is 0. The normalized spacial score (nSPS) is 15.8. The van der Waals surface area contributed by atoms with E-state index in [1.54, 1.807) is 5.57 Å². The lowest BCUT2D eigenvalue weighted by Gasteiger charge is -2.22. The van der Waals surface area contributed by atoms with Crippen LogP contribution in [0.25, 0.3) is 27.8 Å². The minimum atomic E-state index is 0.649. The van der Waals surface area contributed by atoms with Crippen LogP contribution in [0.5, 0.6) is 0 Å². The van der Waals surface area contributed by atoms with E-state index in [0.717, 1.165) is 25.7 Å². The van der Waals surface area contributed by atoms with Gasteiger partial charge in [-0.05, 0) is 95.0 Å². The van der Waals surface area contributed by atoms with Gasteiger partial charge in [0.2, 0.25) is 0 Å². The summed E-state index contributed by atoms with van der Waals surface area (Å²) in [5, 5.41) is 0. The van der Waals surface area contributed by atoms with Crippen molar-refractivity contribution in [2.24, 2.45) is 5.92 Å². The number of hydrogen-bond donors (Lipinski definition) is 0. The second kappa shape index (κ2) is 10.6. The van der Waals surface area contributed by atoms with Crippen LogP contribution in [0.15, 0.2) is 72.3 Å². The van der Waals surface area contributed by atoms with Crippen molar-refractivity contribution in [2.45, 2.75) is 73.6 Å². The molecule has 0 radical (unpaired) electrons. The largest absolute Gasteiger partial charge is 0.0808 e. The smallest absolute Gasteiger partial charge is 0.0149 e. The summed E-state index contributed by atoms with van der Waals surface area (Å²) in [6.45, 7) is 13.6. The second-order valence-corrected chi connectivity index (χ2v) is 9.88. The molecule has 34 heavy (non-hydrogen) atoms. The van der Waals surface area contributed by atoms with Crippen molar-refractivity contribution < 1.29 is 0 Å². The first kappa shape index (κ1) is 24.3. The number of aryl methyl sites for hydroxylation is 4. The minimum absolute atomic E-state index is 0.649. The van der Waals surface area contributed by atoms with Crippen molar-refractivity contribution in [1.82, 2.24) is 0 Å². The Morgan fingerprint density at radius 1 is 0.647 bits per heavy atom. The Labute approximate surface area is 207 Å². The van der Waals surface area contributed by atoms with Gasteiger partial charge in [-0.15, -0.1) is 0 Å². The minimum Gasteiger partial charge on any atom is -0.0808 e. The fourth-order valence-corrected chi connectivity index (χ4v) is 5.49. The van der Waals surface area contributed by atoms with Gasteiger partial charge in [0.15, 0.2) is 0 Å². The SMILES string of the molecule is CCC1=C(c2ccc(-c3ccc(-c4ccc(C)cc4CC)c(CC)c3)cc2CC)C=CC(C)C1. The zero-order valence-electron chi connectivity index (χ0n) is 22.0. The van der Waals surface area contributed by atoms with Crippen LogP contribution >= 0.6 is 0 Å². The van der Waals surface area contributed by atoms with Crippen LogP contribution in [0.2, 0.25) is 0 Å². The molecule has 0 bridgehead atoms. The summed E-state index contributed by atoms with van der Waals surface area (Å²) < 4.78 is 0. The molecule has 0 amide bonds. The summed E-state index contributed by atoms with van der Waals surface area (Å²) in [6.07, 6.45) is 10.2. The van der Waals surface area contributed by atoms with E-state index in [1.165, 1.54) is 62.1 Å². The number of rotatable bonds is 7. The maximum absolute atomic E-state index is 2.43. The molecular weight excluding hydrogens is 408 g/mol. The Hall–Kier alpha value is -2.86. The van der Waals surface area contributed by atoms with Crippen LogP contribution in [0, 0.1) is 12.8 Å². The molecule has 0 saturated carbocycles. The van der Waals surface area contributed by atoms with Gasteiger partial charge in [-0.3, -0.25) is 0 Å². The van der Waals surface area contributed by atoms with Gasteiger partial charge in [-0.25, -0.2) is 0 Å². The van der Waals surface area contributed by atoms with Crippen molar-refractivity contribution in [3.63, 3.8) is 0 Å². The highest BCUT2D eigenvalue weighted by molar-refractivity contribution is 5.82. The number of benzene rings is 3. The molecule has 0 nitrogen and oxygen atoms in total. The third-order valence-electron chi connectivity index (χ3n) is 7.50. The molecule has 0 fully saturated rings. The Morgan fingerprint density at radius 2 is 1.18 bits per heavy atom. The zero-order valence-corrected chi connectivity index (χ0v) is 22.0. The molecule has 0 spiro atoms. The summed E-state index contributed by atoms with van der Waals surface area (Å²) in [5.41, 5.74) is 15.6. The van der Waals surface area contributed by atoms with Gasteiger partial charge in [0.05, 0.1) is 0 Å². The van der Waals surface area contributed by atoms with Crippen molar-refractivity contribution in [3.05, 3.63) is 100 Å². The lowest BCUT2D eigenvalue weighted by atomic mass is 9.83. The van der Waals surface area contributed by atoms with E-state index in [1.807, 2.05) is 0 Å². The van der Waals surface area contributed by atoms with E-state index in [9.17, 15) is 0 Å². The lowest BCUT2D eigenvalue weighted by molar-refractivity contribution is 0.692. The third-order valence-corrected chi connectivity index (χ3v) is 7.50. The Kier molecular flexibility index (Phi) is 7.57. The molecule has 1 atom stereocenters. The summed E-state index contributed by atoms with van der Waals surface area (Å²) >= 11 is 0. The first-order valence-electron chi connectivity index (χ1n) is 13.3. The van der Waals surface area contributed by atoms with Crippen molar-refractivity contribution in [3.8, 4) is 22.3 Å². The quantitative estimate of drug-likeness (QED) is 0.337. The average Bonchev–Trinajstić information content (AvgIpc) is 2.87. The van der Waals surface area contributed by atoms with Gasteiger partial charge in [0.1, 0.15) is 0 Å². The van der Waals surface area contributed by atoms with E-state index in [-0.39, 0.29) is 0 Å². The molecule has 1 aliphatic rings. The molecule has 4 rings (SSSR count). The van der Waals surface area contributed by atoms with Crippen LogP contribution in [0.3, 0.4) is 0 Å². The highest BCUT2D eigenvalue weighted by Gasteiger charge is 2.16. The highest BCUT2D eigenvalue weighted by Crippen LogP contribution is 2.37. The first-order valence-corrected chi connectivity index (χ1v) is 13.3. The Bertz CT molecular complexity index is 1230. The number of allylic oxidation sites excluding steroid dienone is 4. The van der Waals surface area contributed by atoms with Gasteiger partial charge in [-0.1, -0.05) is 113 Å². The van der Waals surface area contributed by atoms with Gasteiger partial charge in [0.25, 0.3) is 0 Å². The topological polar surface area (TPSA) is 0 Å².